The van der Waals surface area contributed by atoms with Crippen LogP contribution in [0.5, 0.6) is 0 Å². The fraction of sp³-hybridized carbons (Fsp3) is 0.429. The Morgan fingerprint density at radius 2 is 2.03 bits per heavy atom. The number of fused-ring (bicyclic) bond motifs is 1. The summed E-state index contributed by atoms with van der Waals surface area (Å²) < 4.78 is 46.7. The summed E-state index contributed by atoms with van der Waals surface area (Å²) in [7, 11) is -1.49. The molecule has 0 spiro atoms. The molecule has 0 saturated heterocycles. The summed E-state index contributed by atoms with van der Waals surface area (Å²) in [5.41, 5.74) is 8.63. The molecule has 0 fully saturated rings. The lowest BCUT2D eigenvalue weighted by atomic mass is 10.2. The predicted molar refractivity (Wildman–Crippen MR) is 113 cm³/mol. The maximum absolute atomic E-state index is 13.8. The van der Waals surface area contributed by atoms with Crippen LogP contribution in [0.1, 0.15) is 37.6 Å². The minimum atomic E-state index is -1.49. The number of halogens is 2. The highest BCUT2D eigenvalue weighted by molar-refractivity contribution is 7.85. The first-order valence-corrected chi connectivity index (χ1v) is 11.3. The Kier molecular flexibility index (Phi) is 7.49. The van der Waals surface area contributed by atoms with Gasteiger partial charge in [0.2, 0.25) is 0 Å². The van der Waals surface area contributed by atoms with Gasteiger partial charge in [0.05, 0.1) is 21.2 Å². The predicted octanol–water partition coefficient (Wildman–Crippen LogP) is 4.11. The van der Waals surface area contributed by atoms with Crippen LogP contribution in [-0.4, -0.2) is 31.1 Å². The number of imidazole rings is 1. The van der Waals surface area contributed by atoms with Crippen LogP contribution in [0.15, 0.2) is 29.3 Å². The first-order valence-electron chi connectivity index (χ1n) is 9.93. The van der Waals surface area contributed by atoms with Crippen LogP contribution in [0, 0.1) is 18.6 Å². The molecule has 0 amide bonds. The molecule has 1 unspecified atom stereocenters. The lowest BCUT2D eigenvalue weighted by molar-refractivity contribution is 0.126. The third-order valence-corrected chi connectivity index (χ3v) is 6.33. The van der Waals surface area contributed by atoms with Gasteiger partial charge in [-0.3, -0.25) is 4.21 Å². The van der Waals surface area contributed by atoms with E-state index in [-0.39, 0.29) is 4.90 Å². The summed E-state index contributed by atoms with van der Waals surface area (Å²) in [5.74, 6) is 0.0836. The second-order valence-corrected chi connectivity index (χ2v) is 8.56. The zero-order valence-electron chi connectivity index (χ0n) is 17.2. The molecule has 2 aromatic heterocycles. The molecule has 3 aromatic rings. The highest BCUT2D eigenvalue weighted by Gasteiger charge is 2.16. The average Bonchev–Trinajstić information content (AvgIpc) is 3.08. The zero-order chi connectivity index (χ0) is 21.7. The van der Waals surface area contributed by atoms with E-state index < -0.39 is 22.4 Å². The Bertz CT molecular complexity index is 1060. The SMILES string of the molecule is CCOCc1nc2c(N)ncc(C)c2n1CCCCCS(=O)c1ccc(F)cc1F. The number of aromatic nitrogens is 3. The first kappa shape index (κ1) is 22.3. The van der Waals surface area contributed by atoms with Crippen LogP contribution >= 0.6 is 0 Å². The number of hydrogen-bond donors (Lipinski definition) is 1. The van der Waals surface area contributed by atoms with Crippen molar-refractivity contribution in [1.29, 1.82) is 0 Å². The van der Waals surface area contributed by atoms with Crippen LogP contribution < -0.4 is 5.73 Å². The van der Waals surface area contributed by atoms with Crippen LogP contribution in [0.4, 0.5) is 14.6 Å². The zero-order valence-corrected chi connectivity index (χ0v) is 18.0. The van der Waals surface area contributed by atoms with E-state index in [1.54, 1.807) is 6.20 Å². The molecule has 2 heterocycles. The monoisotopic (exact) mass is 436 g/mol. The standard InChI is InChI=1S/C21H26F2N4O2S/c1-3-29-13-18-26-19-20(14(2)12-25-21(19)24)27(18)9-5-4-6-10-30(28)17-8-7-15(22)11-16(17)23/h7-8,11-12H,3-6,9-10,13H2,1-2H3,(H2,24,25). The number of aryl methyl sites for hydroxylation is 2. The average molecular weight is 437 g/mol. The van der Waals surface area contributed by atoms with Crippen molar-refractivity contribution in [3.63, 3.8) is 0 Å². The Morgan fingerprint density at radius 1 is 1.23 bits per heavy atom. The summed E-state index contributed by atoms with van der Waals surface area (Å²) in [6.07, 6.45) is 4.04. The van der Waals surface area contributed by atoms with E-state index in [0.29, 0.717) is 43.3 Å². The van der Waals surface area contributed by atoms with Crippen LogP contribution in [0.25, 0.3) is 11.0 Å². The number of nitrogen functional groups attached to an aromatic ring is 1. The van der Waals surface area contributed by atoms with Gasteiger partial charge in [0, 0.05) is 31.2 Å². The molecule has 30 heavy (non-hydrogen) atoms. The van der Waals surface area contributed by atoms with Gasteiger partial charge >= 0.3 is 0 Å². The van der Waals surface area contributed by atoms with Crippen LogP contribution in [0.2, 0.25) is 0 Å². The lowest BCUT2D eigenvalue weighted by Gasteiger charge is -2.11. The number of hydrogen-bond acceptors (Lipinski definition) is 5. The molecule has 1 aromatic carbocycles. The van der Waals surface area contributed by atoms with E-state index >= 15 is 0 Å². The van der Waals surface area contributed by atoms with Gasteiger partial charge in [-0.15, -0.1) is 0 Å². The minimum absolute atomic E-state index is 0.0506. The fourth-order valence-electron chi connectivity index (χ4n) is 3.36. The molecule has 0 bridgehead atoms. The molecule has 2 N–H and O–H groups in total. The number of nitrogens with two attached hydrogens (primary N) is 1. The van der Waals surface area contributed by atoms with E-state index in [1.807, 2.05) is 13.8 Å². The number of nitrogens with zero attached hydrogens (tertiary/aromatic N) is 3. The van der Waals surface area contributed by atoms with E-state index in [4.69, 9.17) is 10.5 Å². The number of benzene rings is 1. The van der Waals surface area contributed by atoms with Crippen molar-refractivity contribution in [2.75, 3.05) is 18.1 Å². The Labute approximate surface area is 176 Å². The van der Waals surface area contributed by atoms with Gasteiger partial charge in [-0.1, -0.05) is 6.42 Å². The third kappa shape index (κ3) is 5.02. The van der Waals surface area contributed by atoms with Crippen molar-refractivity contribution in [3.05, 3.63) is 47.4 Å². The van der Waals surface area contributed by atoms with E-state index in [1.165, 1.54) is 6.07 Å². The highest BCUT2D eigenvalue weighted by Crippen LogP contribution is 2.25. The molecule has 6 nitrogen and oxygen atoms in total. The topological polar surface area (TPSA) is 83.0 Å². The quantitative estimate of drug-likeness (QED) is 0.484. The van der Waals surface area contributed by atoms with Gasteiger partial charge < -0.3 is 15.0 Å². The summed E-state index contributed by atoms with van der Waals surface area (Å²) in [6.45, 7) is 5.58. The molecule has 9 heteroatoms. The van der Waals surface area contributed by atoms with Gasteiger partial charge in [0.1, 0.15) is 29.6 Å². The molecule has 0 radical (unpaired) electrons. The number of unbranched alkanes of at least 4 members (excludes halogenated alkanes) is 2. The lowest BCUT2D eigenvalue weighted by Crippen LogP contribution is -2.07. The number of anilines is 1. The summed E-state index contributed by atoms with van der Waals surface area (Å²) in [6, 6.07) is 3.14. The molecular formula is C21H26F2N4O2S. The van der Waals surface area contributed by atoms with Crippen molar-refractivity contribution in [3.8, 4) is 0 Å². The van der Waals surface area contributed by atoms with Gasteiger partial charge in [-0.25, -0.2) is 18.7 Å². The van der Waals surface area contributed by atoms with Gasteiger partial charge in [-0.2, -0.15) is 0 Å². The molecule has 0 aliphatic heterocycles. The number of rotatable bonds is 10. The number of ether oxygens (including phenoxy) is 1. The molecule has 3 rings (SSSR count). The van der Waals surface area contributed by atoms with Crippen molar-refractivity contribution >= 4 is 27.7 Å². The molecule has 162 valence electrons. The smallest absolute Gasteiger partial charge is 0.151 e. The summed E-state index contributed by atoms with van der Waals surface area (Å²) >= 11 is 0. The van der Waals surface area contributed by atoms with Crippen molar-refractivity contribution in [2.45, 2.75) is 51.2 Å². The molecule has 0 saturated carbocycles. The molecule has 0 aliphatic carbocycles. The van der Waals surface area contributed by atoms with Crippen LogP contribution in [-0.2, 0) is 28.7 Å². The van der Waals surface area contributed by atoms with Gasteiger partial charge in [0.25, 0.3) is 0 Å². The Hall–Kier alpha value is -2.39. The second kappa shape index (κ2) is 10.1. The normalized spacial score (nSPS) is 12.5. The van der Waals surface area contributed by atoms with E-state index in [0.717, 1.165) is 41.9 Å². The van der Waals surface area contributed by atoms with E-state index in [2.05, 4.69) is 14.5 Å². The summed E-state index contributed by atoms with van der Waals surface area (Å²) in [4.78, 5) is 8.86. The van der Waals surface area contributed by atoms with Gasteiger partial charge in [0.15, 0.2) is 5.82 Å². The fourth-order valence-corrected chi connectivity index (χ4v) is 4.54. The van der Waals surface area contributed by atoms with Crippen molar-refractivity contribution in [1.82, 2.24) is 14.5 Å². The van der Waals surface area contributed by atoms with Crippen molar-refractivity contribution < 1.29 is 17.7 Å². The largest absolute Gasteiger partial charge is 0.382 e. The maximum atomic E-state index is 13.8. The van der Waals surface area contributed by atoms with Gasteiger partial charge in [-0.05, 0) is 44.4 Å². The van der Waals surface area contributed by atoms with Crippen molar-refractivity contribution in [2.24, 2.45) is 0 Å². The van der Waals surface area contributed by atoms with E-state index in [9.17, 15) is 13.0 Å². The second-order valence-electron chi connectivity index (χ2n) is 7.03. The molecule has 1 atom stereocenters. The highest BCUT2D eigenvalue weighted by atomic mass is 32.2. The minimum Gasteiger partial charge on any atom is -0.382 e. The van der Waals surface area contributed by atoms with Crippen LogP contribution in [0.3, 0.4) is 0 Å². The third-order valence-electron chi connectivity index (χ3n) is 4.85. The summed E-state index contributed by atoms with van der Waals surface area (Å²) in [5, 5.41) is 0. The number of pyridine rings is 1. The maximum Gasteiger partial charge on any atom is 0.151 e. The Morgan fingerprint density at radius 3 is 2.77 bits per heavy atom. The Balaban J connectivity index is 1.62. The molecular weight excluding hydrogens is 410 g/mol. The molecule has 0 aliphatic rings. The first-order chi connectivity index (χ1) is 14.4.